The molecule has 27 heavy (non-hydrogen) atoms. The number of methoxy groups -OCH3 is 1. The summed E-state index contributed by atoms with van der Waals surface area (Å²) in [5, 5.41) is 16.2. The second kappa shape index (κ2) is 9.86. The number of phenols is 1. The molecule has 0 aliphatic heterocycles. The fourth-order valence-corrected chi connectivity index (χ4v) is 2.67. The predicted octanol–water partition coefficient (Wildman–Crippen LogP) is 3.01. The van der Waals surface area contributed by atoms with Crippen molar-refractivity contribution in [2.45, 2.75) is 12.8 Å². The van der Waals surface area contributed by atoms with Gasteiger partial charge in [0, 0.05) is 18.5 Å². The van der Waals surface area contributed by atoms with Gasteiger partial charge < -0.3 is 15.2 Å². The van der Waals surface area contributed by atoms with E-state index < -0.39 is 11.7 Å². The van der Waals surface area contributed by atoms with Gasteiger partial charge >= 0.3 is 0 Å². The van der Waals surface area contributed by atoms with Crippen molar-refractivity contribution in [1.82, 2.24) is 5.43 Å². The van der Waals surface area contributed by atoms with E-state index in [9.17, 15) is 19.1 Å². The molecule has 2 aromatic rings. The summed E-state index contributed by atoms with van der Waals surface area (Å²) in [6.07, 6.45) is 1.31. The van der Waals surface area contributed by atoms with Crippen LogP contribution in [0.25, 0.3) is 0 Å². The number of carbonyl (C=O) groups excluding carboxylic acids is 2. The van der Waals surface area contributed by atoms with Crippen molar-refractivity contribution >= 4 is 46.3 Å². The molecule has 3 N–H and O–H groups in total. The highest BCUT2D eigenvalue weighted by molar-refractivity contribution is 14.1. The Labute approximate surface area is 168 Å². The molecule has 2 amide bonds. The van der Waals surface area contributed by atoms with E-state index in [1.165, 1.54) is 37.6 Å². The van der Waals surface area contributed by atoms with Gasteiger partial charge in [-0.3, -0.25) is 9.59 Å². The minimum atomic E-state index is -0.430. The number of nitrogens with one attached hydrogen (secondary N) is 2. The first-order valence-corrected chi connectivity index (χ1v) is 8.90. The van der Waals surface area contributed by atoms with Gasteiger partial charge in [0.05, 0.1) is 16.9 Å². The lowest BCUT2D eigenvalue weighted by Crippen LogP contribution is -2.20. The molecule has 2 rings (SSSR count). The number of hydrazone groups is 1. The zero-order valence-corrected chi connectivity index (χ0v) is 16.5. The molecule has 0 saturated carbocycles. The zero-order chi connectivity index (χ0) is 19.8. The van der Waals surface area contributed by atoms with Crippen LogP contribution >= 0.6 is 22.6 Å². The first kappa shape index (κ1) is 20.6. The first-order chi connectivity index (χ1) is 12.9. The van der Waals surface area contributed by atoms with E-state index in [1.807, 2.05) is 22.6 Å². The van der Waals surface area contributed by atoms with Gasteiger partial charge in [0.2, 0.25) is 11.8 Å². The van der Waals surface area contributed by atoms with Crippen molar-refractivity contribution in [2.24, 2.45) is 5.10 Å². The topological polar surface area (TPSA) is 100 Å². The summed E-state index contributed by atoms with van der Waals surface area (Å²) in [5.74, 6) is -0.857. The summed E-state index contributed by atoms with van der Waals surface area (Å²) in [6.45, 7) is 0. The van der Waals surface area contributed by atoms with E-state index in [1.54, 1.807) is 12.1 Å². The highest BCUT2D eigenvalue weighted by Crippen LogP contribution is 2.31. The van der Waals surface area contributed by atoms with E-state index in [-0.39, 0.29) is 24.5 Å². The fraction of sp³-hybridized carbons (Fsp3) is 0.167. The van der Waals surface area contributed by atoms with E-state index >= 15 is 0 Å². The van der Waals surface area contributed by atoms with Crippen LogP contribution in [0.1, 0.15) is 18.4 Å². The van der Waals surface area contributed by atoms with Crippen LogP contribution in [0.15, 0.2) is 41.5 Å². The molecular formula is C18H17FIN3O4. The number of anilines is 1. The number of hydrogen-bond donors (Lipinski definition) is 3. The van der Waals surface area contributed by atoms with Crippen molar-refractivity contribution in [3.63, 3.8) is 0 Å². The van der Waals surface area contributed by atoms with Crippen molar-refractivity contribution in [3.8, 4) is 11.5 Å². The number of hydrogen-bond acceptors (Lipinski definition) is 5. The first-order valence-electron chi connectivity index (χ1n) is 7.83. The Morgan fingerprint density at radius 1 is 1.22 bits per heavy atom. The summed E-state index contributed by atoms with van der Waals surface area (Å²) >= 11 is 1.95. The number of phenolic OH excluding ortho intramolecular Hbond substituents is 1. The molecule has 9 heteroatoms. The van der Waals surface area contributed by atoms with Gasteiger partial charge in [-0.1, -0.05) is 0 Å². The molecule has 2 aromatic carbocycles. The van der Waals surface area contributed by atoms with E-state index in [4.69, 9.17) is 4.74 Å². The highest BCUT2D eigenvalue weighted by Gasteiger charge is 2.08. The van der Waals surface area contributed by atoms with Gasteiger partial charge in [0.15, 0.2) is 11.5 Å². The van der Waals surface area contributed by atoms with Crippen LogP contribution in [0.4, 0.5) is 10.1 Å². The Balaban J connectivity index is 1.80. The Hall–Kier alpha value is -2.69. The molecule has 0 heterocycles. The highest BCUT2D eigenvalue weighted by atomic mass is 127. The molecule has 0 atom stereocenters. The van der Waals surface area contributed by atoms with Crippen LogP contribution in [0.2, 0.25) is 0 Å². The molecular weight excluding hydrogens is 468 g/mol. The number of halogens is 2. The lowest BCUT2D eigenvalue weighted by atomic mass is 10.2. The maximum Gasteiger partial charge on any atom is 0.240 e. The second-order valence-electron chi connectivity index (χ2n) is 5.40. The molecule has 0 fully saturated rings. The number of amides is 2. The zero-order valence-electron chi connectivity index (χ0n) is 14.3. The van der Waals surface area contributed by atoms with Crippen molar-refractivity contribution in [1.29, 1.82) is 0 Å². The summed E-state index contributed by atoms with van der Waals surface area (Å²) in [7, 11) is 1.44. The molecule has 0 spiro atoms. The number of carbonyl (C=O) groups is 2. The lowest BCUT2D eigenvalue weighted by Gasteiger charge is -2.06. The van der Waals surface area contributed by atoms with Crippen LogP contribution in [-0.4, -0.2) is 30.2 Å². The molecule has 0 aromatic heterocycles. The number of aromatic hydroxyl groups is 1. The number of ether oxygens (including phenoxy) is 1. The molecule has 0 aliphatic carbocycles. The van der Waals surface area contributed by atoms with Gasteiger partial charge in [0.1, 0.15) is 5.82 Å². The summed E-state index contributed by atoms with van der Waals surface area (Å²) in [4.78, 5) is 23.5. The SMILES string of the molecule is COc1cc(/C=N/NC(=O)CCC(=O)Nc2ccc(F)cc2)cc(I)c1O. The minimum Gasteiger partial charge on any atom is -0.504 e. The van der Waals surface area contributed by atoms with Crippen LogP contribution in [0, 0.1) is 9.39 Å². The van der Waals surface area contributed by atoms with Gasteiger partial charge in [-0.15, -0.1) is 0 Å². The number of rotatable bonds is 7. The third-order valence-electron chi connectivity index (χ3n) is 3.38. The van der Waals surface area contributed by atoms with Crippen LogP contribution in [0.3, 0.4) is 0 Å². The van der Waals surface area contributed by atoms with Gasteiger partial charge in [-0.25, -0.2) is 9.82 Å². The third kappa shape index (κ3) is 6.51. The average molecular weight is 485 g/mol. The van der Waals surface area contributed by atoms with Crippen molar-refractivity contribution < 1.29 is 23.8 Å². The quantitative estimate of drug-likeness (QED) is 0.319. The fourth-order valence-electron chi connectivity index (χ4n) is 2.04. The van der Waals surface area contributed by atoms with E-state index in [2.05, 4.69) is 15.8 Å². The third-order valence-corrected chi connectivity index (χ3v) is 4.20. The predicted molar refractivity (Wildman–Crippen MR) is 107 cm³/mol. The Morgan fingerprint density at radius 2 is 1.89 bits per heavy atom. The second-order valence-corrected chi connectivity index (χ2v) is 6.56. The maximum atomic E-state index is 12.8. The molecule has 7 nitrogen and oxygen atoms in total. The smallest absolute Gasteiger partial charge is 0.240 e. The molecule has 0 aliphatic rings. The minimum absolute atomic E-state index is 0.0338. The number of nitrogens with zero attached hydrogens (tertiary/aromatic N) is 1. The van der Waals surface area contributed by atoms with Crippen molar-refractivity contribution in [3.05, 3.63) is 51.3 Å². The average Bonchev–Trinajstić information content (AvgIpc) is 2.64. The molecule has 0 radical (unpaired) electrons. The number of benzene rings is 2. The Morgan fingerprint density at radius 3 is 2.56 bits per heavy atom. The lowest BCUT2D eigenvalue weighted by molar-refractivity contribution is -0.124. The molecule has 0 unspecified atom stereocenters. The summed E-state index contributed by atoms with van der Waals surface area (Å²) < 4.78 is 18.4. The maximum absolute atomic E-state index is 12.8. The Bertz CT molecular complexity index is 856. The van der Waals surface area contributed by atoms with E-state index in [0.29, 0.717) is 20.6 Å². The van der Waals surface area contributed by atoms with Crippen LogP contribution in [0.5, 0.6) is 11.5 Å². The molecule has 0 bridgehead atoms. The largest absolute Gasteiger partial charge is 0.504 e. The van der Waals surface area contributed by atoms with Gasteiger partial charge in [-0.2, -0.15) is 5.10 Å². The monoisotopic (exact) mass is 485 g/mol. The van der Waals surface area contributed by atoms with Gasteiger partial charge in [0.25, 0.3) is 0 Å². The van der Waals surface area contributed by atoms with Crippen LogP contribution < -0.4 is 15.5 Å². The van der Waals surface area contributed by atoms with E-state index in [0.717, 1.165) is 0 Å². The molecule has 0 saturated heterocycles. The normalized spacial score (nSPS) is 10.6. The van der Waals surface area contributed by atoms with Crippen LogP contribution in [-0.2, 0) is 9.59 Å². The van der Waals surface area contributed by atoms with Gasteiger partial charge in [-0.05, 0) is 64.6 Å². The van der Waals surface area contributed by atoms with Crippen molar-refractivity contribution in [2.75, 3.05) is 12.4 Å². The summed E-state index contributed by atoms with van der Waals surface area (Å²) in [5.41, 5.74) is 3.41. The standard InChI is InChI=1S/C18H17FIN3O4/c1-27-15-9-11(8-14(20)18(15)26)10-21-23-17(25)7-6-16(24)22-13-4-2-12(19)3-5-13/h2-5,8-10,26H,6-7H2,1H3,(H,22,24)(H,23,25)/b21-10+. The molecule has 142 valence electrons. The Kier molecular flexibility index (Phi) is 7.53. The summed E-state index contributed by atoms with van der Waals surface area (Å²) in [6, 6.07) is 8.58.